The van der Waals surface area contributed by atoms with Gasteiger partial charge in [0.2, 0.25) is 5.91 Å². The van der Waals surface area contributed by atoms with E-state index in [0.29, 0.717) is 24.3 Å². The monoisotopic (exact) mass is 417 g/mol. The Hall–Kier alpha value is -0.810. The van der Waals surface area contributed by atoms with E-state index in [-0.39, 0.29) is 11.7 Å². The Bertz CT molecular complexity index is 500. The smallest absolute Gasteiger partial charge is 0.355 e. The third-order valence-electron chi connectivity index (χ3n) is 3.74. The zero-order valence-electron chi connectivity index (χ0n) is 16.5. The van der Waals surface area contributed by atoms with Crippen molar-refractivity contribution in [2.24, 2.45) is 0 Å². The Morgan fingerprint density at radius 1 is 0.926 bits per heavy atom. The van der Waals surface area contributed by atoms with Gasteiger partial charge in [-0.15, -0.1) is 0 Å². The predicted molar refractivity (Wildman–Crippen MR) is 117 cm³/mol. The van der Waals surface area contributed by atoms with Crippen molar-refractivity contribution in [3.05, 3.63) is 36.5 Å². The Labute approximate surface area is 168 Å². The van der Waals surface area contributed by atoms with Gasteiger partial charge in [-0.2, -0.15) is 0 Å². The molecule has 0 aromatic carbocycles. The van der Waals surface area contributed by atoms with E-state index in [9.17, 15) is 9.36 Å². The van der Waals surface area contributed by atoms with Crippen LogP contribution in [-0.2, 0) is 9.36 Å². The number of hydrogen-bond donors (Lipinski definition) is 3. The number of carbonyl (C=O) groups excluding carboxylic acids is 1. The Morgan fingerprint density at radius 3 is 2.19 bits per heavy atom. The predicted octanol–water partition coefficient (Wildman–Crippen LogP) is 5.52. The molecule has 27 heavy (non-hydrogen) atoms. The first-order valence-electron chi connectivity index (χ1n) is 9.87. The van der Waals surface area contributed by atoms with Crippen LogP contribution in [0.15, 0.2) is 36.5 Å². The number of rotatable bonds is 17. The minimum absolute atomic E-state index is 0.0394. The highest BCUT2D eigenvalue weighted by molar-refractivity contribution is 8.54. The van der Waals surface area contributed by atoms with Crippen molar-refractivity contribution in [1.82, 2.24) is 5.32 Å². The maximum Gasteiger partial charge on any atom is 0.384 e. The number of allylic oxidation sites excluding steroid dienone is 6. The molecule has 0 aliphatic carbocycles. The topological polar surface area (TPSA) is 86.6 Å². The van der Waals surface area contributed by atoms with Crippen LogP contribution >= 0.6 is 18.2 Å². The molecule has 7 heteroatoms. The molecule has 0 saturated heterocycles. The first kappa shape index (κ1) is 26.2. The van der Waals surface area contributed by atoms with Gasteiger partial charge < -0.3 is 15.1 Å². The first-order valence-corrected chi connectivity index (χ1v) is 13.1. The summed E-state index contributed by atoms with van der Waals surface area (Å²) in [7, 11) is 0. The van der Waals surface area contributed by atoms with Crippen LogP contribution in [-0.4, -0.2) is 28.0 Å². The van der Waals surface area contributed by atoms with Crippen molar-refractivity contribution in [3.63, 3.8) is 0 Å². The van der Waals surface area contributed by atoms with Gasteiger partial charge in [-0.05, 0) is 49.9 Å². The van der Waals surface area contributed by atoms with E-state index < -0.39 is 6.80 Å². The van der Waals surface area contributed by atoms with Crippen LogP contribution in [0.3, 0.4) is 0 Å². The van der Waals surface area contributed by atoms with Gasteiger partial charge >= 0.3 is 6.80 Å². The second-order valence-electron chi connectivity index (χ2n) is 6.27. The largest absolute Gasteiger partial charge is 0.384 e. The van der Waals surface area contributed by atoms with Crippen molar-refractivity contribution in [3.8, 4) is 0 Å². The van der Waals surface area contributed by atoms with Crippen LogP contribution in [0.1, 0.15) is 71.1 Å². The molecule has 0 spiro atoms. The van der Waals surface area contributed by atoms with Gasteiger partial charge in [-0.25, -0.2) is 4.57 Å². The fourth-order valence-electron chi connectivity index (χ4n) is 2.35. The van der Waals surface area contributed by atoms with Crippen molar-refractivity contribution in [1.29, 1.82) is 0 Å². The van der Waals surface area contributed by atoms with E-state index in [4.69, 9.17) is 9.79 Å². The maximum absolute atomic E-state index is 11.6. The normalized spacial score (nSPS) is 12.6. The molecular formula is C20H36NO4PS. The minimum atomic E-state index is -4.02. The molecule has 0 aliphatic heterocycles. The third-order valence-corrected chi connectivity index (χ3v) is 6.02. The Morgan fingerprint density at radius 2 is 1.52 bits per heavy atom. The molecule has 0 unspecified atom stereocenters. The van der Waals surface area contributed by atoms with Gasteiger partial charge in [0.25, 0.3) is 0 Å². The van der Waals surface area contributed by atoms with Crippen molar-refractivity contribution in [2.75, 3.05) is 12.3 Å². The summed E-state index contributed by atoms with van der Waals surface area (Å²) in [4.78, 5) is 28.9. The fraction of sp³-hybridized carbons (Fsp3) is 0.650. The van der Waals surface area contributed by atoms with Crippen molar-refractivity contribution >= 4 is 24.1 Å². The number of unbranched alkanes of at least 4 members (excludes halogenated alkanes) is 5. The highest BCUT2D eigenvalue weighted by atomic mass is 32.7. The van der Waals surface area contributed by atoms with Crippen LogP contribution in [0, 0.1) is 0 Å². The van der Waals surface area contributed by atoms with E-state index in [1.807, 2.05) is 0 Å². The molecule has 0 radical (unpaired) electrons. The summed E-state index contributed by atoms with van der Waals surface area (Å²) < 4.78 is 10.6. The minimum Gasteiger partial charge on any atom is -0.355 e. The van der Waals surface area contributed by atoms with Crippen LogP contribution in [0.25, 0.3) is 0 Å². The molecule has 1 amide bonds. The summed E-state index contributed by atoms with van der Waals surface area (Å²) in [5, 5.41) is 2.68. The highest BCUT2D eigenvalue weighted by Gasteiger charge is 2.12. The molecule has 156 valence electrons. The van der Waals surface area contributed by atoms with Crippen LogP contribution < -0.4 is 5.32 Å². The molecule has 0 rings (SSSR count). The van der Waals surface area contributed by atoms with E-state index in [1.54, 1.807) is 0 Å². The van der Waals surface area contributed by atoms with Crippen LogP contribution in [0.2, 0.25) is 0 Å². The van der Waals surface area contributed by atoms with Gasteiger partial charge in [-0.3, -0.25) is 4.79 Å². The van der Waals surface area contributed by atoms with Crippen molar-refractivity contribution in [2.45, 2.75) is 71.1 Å². The average molecular weight is 418 g/mol. The lowest BCUT2D eigenvalue weighted by atomic mass is 10.1. The molecule has 0 bridgehead atoms. The molecule has 0 saturated carbocycles. The molecule has 0 fully saturated rings. The lowest BCUT2D eigenvalue weighted by Gasteiger charge is -2.06. The van der Waals surface area contributed by atoms with Gasteiger partial charge in [-0.1, -0.05) is 62.6 Å². The standard InChI is InChI=1S/C20H36NO4PS/c1-2-3-4-5-6-7-8-9-10-11-12-13-14-15-16-17-20(22)21-18-19-27-26(23,24)25/h3-4,6-7,9-10H,2,5,8,11-19H2,1H3,(H,21,22)(H2,23,24,25). The summed E-state index contributed by atoms with van der Waals surface area (Å²) >= 11 is 0.565. The lowest BCUT2D eigenvalue weighted by molar-refractivity contribution is -0.121. The first-order chi connectivity index (χ1) is 13.0. The quantitative estimate of drug-likeness (QED) is 0.165. The Kier molecular flexibility index (Phi) is 18.0. The fourth-order valence-corrected chi connectivity index (χ4v) is 3.77. The molecule has 0 aromatic heterocycles. The summed E-state index contributed by atoms with van der Waals surface area (Å²) in [6, 6.07) is 0. The average Bonchev–Trinajstić information content (AvgIpc) is 2.61. The van der Waals surface area contributed by atoms with Crippen LogP contribution in [0.5, 0.6) is 0 Å². The summed E-state index contributed by atoms with van der Waals surface area (Å²) in [5.74, 6) is 0.192. The second-order valence-corrected chi connectivity index (χ2v) is 10.1. The summed E-state index contributed by atoms with van der Waals surface area (Å²) in [6.45, 7) is -1.59. The van der Waals surface area contributed by atoms with E-state index in [0.717, 1.165) is 44.9 Å². The van der Waals surface area contributed by atoms with Gasteiger partial charge in [0.15, 0.2) is 0 Å². The maximum atomic E-state index is 11.6. The van der Waals surface area contributed by atoms with E-state index in [2.05, 4.69) is 48.7 Å². The zero-order valence-corrected chi connectivity index (χ0v) is 18.2. The SMILES string of the molecule is CCC=CCC=CCC=CCCCCCCCC(=O)NCCSP(=O)(O)O. The number of hydrogen-bond acceptors (Lipinski definition) is 3. The van der Waals surface area contributed by atoms with Gasteiger partial charge in [0.1, 0.15) is 0 Å². The molecule has 0 atom stereocenters. The number of amides is 1. The molecule has 0 aromatic rings. The highest BCUT2D eigenvalue weighted by Crippen LogP contribution is 2.49. The number of carbonyl (C=O) groups is 1. The summed E-state index contributed by atoms with van der Waals surface area (Å²) in [5.41, 5.74) is 0. The number of nitrogens with one attached hydrogen (secondary N) is 1. The second kappa shape index (κ2) is 18.5. The third kappa shape index (κ3) is 23.2. The lowest BCUT2D eigenvalue weighted by Crippen LogP contribution is -2.25. The van der Waals surface area contributed by atoms with Crippen molar-refractivity contribution < 1.29 is 19.1 Å². The van der Waals surface area contributed by atoms with Crippen LogP contribution in [0.4, 0.5) is 0 Å². The molecule has 3 N–H and O–H groups in total. The van der Waals surface area contributed by atoms with Gasteiger partial charge in [0.05, 0.1) is 0 Å². The van der Waals surface area contributed by atoms with E-state index >= 15 is 0 Å². The van der Waals surface area contributed by atoms with E-state index in [1.165, 1.54) is 12.8 Å². The molecule has 0 heterocycles. The zero-order chi connectivity index (χ0) is 20.2. The van der Waals surface area contributed by atoms with Gasteiger partial charge in [0, 0.05) is 18.7 Å². The molecular weight excluding hydrogens is 381 g/mol. The Balaban J connectivity index is 3.37. The summed E-state index contributed by atoms with van der Waals surface area (Å²) in [6.07, 6.45) is 23.4. The molecule has 0 aliphatic rings. The molecule has 5 nitrogen and oxygen atoms in total.